The van der Waals surface area contributed by atoms with Crippen LogP contribution < -0.4 is 10.1 Å². The fourth-order valence-electron chi connectivity index (χ4n) is 1.76. The zero-order chi connectivity index (χ0) is 14.5. The molecule has 2 nitrogen and oxygen atoms in total. The molecule has 0 atom stereocenters. The van der Waals surface area contributed by atoms with Crippen LogP contribution in [0.1, 0.15) is 12.5 Å². The summed E-state index contributed by atoms with van der Waals surface area (Å²) in [7, 11) is 0. The molecular weight excluding hydrogens is 300 g/mol. The smallest absolute Gasteiger partial charge is 0.132 e. The van der Waals surface area contributed by atoms with E-state index in [4.69, 9.17) is 27.9 Å². The third-order valence-corrected chi connectivity index (χ3v) is 3.09. The molecule has 1 N–H and O–H groups in total. The molecule has 2 rings (SSSR count). The van der Waals surface area contributed by atoms with Crippen molar-refractivity contribution in [1.29, 1.82) is 0 Å². The maximum atomic E-state index is 13.3. The fraction of sp³-hybridized carbons (Fsp3) is 0.200. The van der Waals surface area contributed by atoms with Gasteiger partial charge < -0.3 is 10.1 Å². The summed E-state index contributed by atoms with van der Waals surface area (Å²) >= 11 is 11.9. The summed E-state index contributed by atoms with van der Waals surface area (Å²) in [4.78, 5) is 0. The van der Waals surface area contributed by atoms with Crippen molar-refractivity contribution in [3.05, 3.63) is 57.8 Å². The Morgan fingerprint density at radius 3 is 2.45 bits per heavy atom. The molecule has 5 heteroatoms. The van der Waals surface area contributed by atoms with E-state index in [0.29, 0.717) is 28.1 Å². The Labute approximate surface area is 127 Å². The topological polar surface area (TPSA) is 21.3 Å². The van der Waals surface area contributed by atoms with Crippen molar-refractivity contribution in [2.24, 2.45) is 0 Å². The number of nitrogens with one attached hydrogen (secondary N) is 1. The Hall–Kier alpha value is -1.29. The predicted octanol–water partition coefficient (Wildman–Crippen LogP) is 5.03. The molecule has 0 radical (unpaired) electrons. The van der Waals surface area contributed by atoms with Crippen LogP contribution in [-0.2, 0) is 6.54 Å². The van der Waals surface area contributed by atoms with E-state index in [2.05, 4.69) is 5.32 Å². The Morgan fingerprint density at radius 1 is 1.10 bits per heavy atom. The molecule has 0 spiro atoms. The van der Waals surface area contributed by atoms with E-state index in [1.807, 2.05) is 6.92 Å². The van der Waals surface area contributed by atoms with Gasteiger partial charge in [-0.25, -0.2) is 4.39 Å². The number of ether oxygens (including phenoxy) is 1. The van der Waals surface area contributed by atoms with Gasteiger partial charge in [-0.15, -0.1) is 0 Å². The Balaban J connectivity index is 2.27. The summed E-state index contributed by atoms with van der Waals surface area (Å²) < 4.78 is 19.1. The minimum atomic E-state index is -0.297. The predicted molar refractivity (Wildman–Crippen MR) is 80.3 cm³/mol. The lowest BCUT2D eigenvalue weighted by Crippen LogP contribution is -2.12. The van der Waals surface area contributed by atoms with E-state index in [1.165, 1.54) is 12.1 Å². The van der Waals surface area contributed by atoms with Crippen molar-refractivity contribution in [1.82, 2.24) is 5.32 Å². The number of halogens is 3. The van der Waals surface area contributed by atoms with Gasteiger partial charge in [0.1, 0.15) is 17.3 Å². The van der Waals surface area contributed by atoms with Crippen LogP contribution in [0.25, 0.3) is 0 Å². The summed E-state index contributed by atoms with van der Waals surface area (Å²) in [5.74, 6) is 0.798. The second-order valence-corrected chi connectivity index (χ2v) is 5.11. The van der Waals surface area contributed by atoms with E-state index in [9.17, 15) is 4.39 Å². The third-order valence-electron chi connectivity index (χ3n) is 2.65. The first-order valence-electron chi connectivity index (χ1n) is 6.21. The highest BCUT2D eigenvalue weighted by Gasteiger charge is 2.08. The van der Waals surface area contributed by atoms with Crippen LogP contribution in [0.5, 0.6) is 11.5 Å². The molecule has 0 saturated heterocycles. The summed E-state index contributed by atoms with van der Waals surface area (Å²) in [5, 5.41) is 4.12. The molecule has 0 aliphatic heterocycles. The Kier molecular flexibility index (Phi) is 5.24. The molecule has 0 fully saturated rings. The van der Waals surface area contributed by atoms with Gasteiger partial charge in [0.05, 0.1) is 0 Å². The van der Waals surface area contributed by atoms with E-state index in [1.54, 1.807) is 24.3 Å². The minimum Gasteiger partial charge on any atom is -0.457 e. The maximum absolute atomic E-state index is 13.3. The monoisotopic (exact) mass is 313 g/mol. The van der Waals surface area contributed by atoms with Crippen molar-refractivity contribution in [3.8, 4) is 11.5 Å². The lowest BCUT2D eigenvalue weighted by molar-refractivity contribution is 0.470. The van der Waals surface area contributed by atoms with Crippen molar-refractivity contribution in [2.75, 3.05) is 6.54 Å². The van der Waals surface area contributed by atoms with Crippen LogP contribution in [0.3, 0.4) is 0 Å². The van der Waals surface area contributed by atoms with Gasteiger partial charge in [0, 0.05) is 22.2 Å². The lowest BCUT2D eigenvalue weighted by atomic mass is 10.2. The molecule has 2 aromatic rings. The summed E-state index contributed by atoms with van der Waals surface area (Å²) in [5.41, 5.74) is 0.739. The second-order valence-electron chi connectivity index (χ2n) is 4.24. The SMILES string of the molecule is CCNCc1cc(F)ccc1Oc1cc(Cl)cc(Cl)c1. The van der Waals surface area contributed by atoms with Gasteiger partial charge in [-0.2, -0.15) is 0 Å². The summed E-state index contributed by atoms with van der Waals surface area (Å²) in [6, 6.07) is 9.35. The first-order chi connectivity index (χ1) is 9.58. The maximum Gasteiger partial charge on any atom is 0.132 e. The van der Waals surface area contributed by atoms with Gasteiger partial charge in [-0.1, -0.05) is 30.1 Å². The normalized spacial score (nSPS) is 10.6. The molecule has 0 bridgehead atoms. The number of hydrogen-bond acceptors (Lipinski definition) is 2. The average Bonchev–Trinajstić information content (AvgIpc) is 2.38. The highest BCUT2D eigenvalue weighted by Crippen LogP contribution is 2.30. The van der Waals surface area contributed by atoms with E-state index in [0.717, 1.165) is 12.1 Å². The average molecular weight is 314 g/mol. The fourth-order valence-corrected chi connectivity index (χ4v) is 2.27. The molecule has 106 valence electrons. The zero-order valence-corrected chi connectivity index (χ0v) is 12.4. The molecule has 20 heavy (non-hydrogen) atoms. The molecule has 0 aliphatic rings. The van der Waals surface area contributed by atoms with Crippen LogP contribution >= 0.6 is 23.2 Å². The van der Waals surface area contributed by atoms with Crippen LogP contribution in [0.4, 0.5) is 4.39 Å². The number of hydrogen-bond donors (Lipinski definition) is 1. The first-order valence-corrected chi connectivity index (χ1v) is 6.97. The minimum absolute atomic E-state index is 0.297. The molecule has 0 saturated carbocycles. The van der Waals surface area contributed by atoms with Gasteiger partial charge >= 0.3 is 0 Å². The van der Waals surface area contributed by atoms with Crippen molar-refractivity contribution in [3.63, 3.8) is 0 Å². The Bertz CT molecular complexity index is 584. The van der Waals surface area contributed by atoms with Gasteiger partial charge in [-0.3, -0.25) is 0 Å². The first kappa shape index (κ1) is 15.1. The highest BCUT2D eigenvalue weighted by atomic mass is 35.5. The van der Waals surface area contributed by atoms with Crippen molar-refractivity contribution >= 4 is 23.2 Å². The van der Waals surface area contributed by atoms with Crippen LogP contribution in [0.15, 0.2) is 36.4 Å². The van der Waals surface area contributed by atoms with Crippen molar-refractivity contribution < 1.29 is 9.13 Å². The van der Waals surface area contributed by atoms with Gasteiger partial charge in [0.25, 0.3) is 0 Å². The molecular formula is C15H14Cl2FNO. The lowest BCUT2D eigenvalue weighted by Gasteiger charge is -2.12. The standard InChI is InChI=1S/C15H14Cl2FNO/c1-2-19-9-10-5-13(18)3-4-15(10)20-14-7-11(16)6-12(17)8-14/h3-8,19H,2,9H2,1H3. The van der Waals surface area contributed by atoms with Crippen LogP contribution in [0.2, 0.25) is 10.0 Å². The molecule has 0 heterocycles. The third kappa shape index (κ3) is 4.10. The molecule has 0 amide bonds. The van der Waals surface area contributed by atoms with Crippen LogP contribution in [0, 0.1) is 5.82 Å². The van der Waals surface area contributed by atoms with E-state index < -0.39 is 0 Å². The van der Waals surface area contributed by atoms with Gasteiger partial charge in [0.2, 0.25) is 0 Å². The van der Waals surface area contributed by atoms with Gasteiger partial charge in [-0.05, 0) is 42.9 Å². The van der Waals surface area contributed by atoms with E-state index >= 15 is 0 Å². The molecule has 2 aromatic carbocycles. The van der Waals surface area contributed by atoms with Crippen molar-refractivity contribution in [2.45, 2.75) is 13.5 Å². The van der Waals surface area contributed by atoms with Crippen LogP contribution in [-0.4, -0.2) is 6.54 Å². The molecule has 0 unspecified atom stereocenters. The Morgan fingerprint density at radius 2 is 1.80 bits per heavy atom. The molecule has 0 aliphatic carbocycles. The quantitative estimate of drug-likeness (QED) is 0.835. The van der Waals surface area contributed by atoms with Gasteiger partial charge in [0.15, 0.2) is 0 Å². The van der Waals surface area contributed by atoms with E-state index in [-0.39, 0.29) is 5.82 Å². The largest absolute Gasteiger partial charge is 0.457 e. The highest BCUT2D eigenvalue weighted by molar-refractivity contribution is 6.34. The zero-order valence-electron chi connectivity index (χ0n) is 10.9. The molecule has 0 aromatic heterocycles. The summed E-state index contributed by atoms with van der Waals surface area (Å²) in [6.45, 7) is 3.30. The number of rotatable bonds is 5. The second kappa shape index (κ2) is 6.93. The number of benzene rings is 2. The summed E-state index contributed by atoms with van der Waals surface area (Å²) in [6.07, 6.45) is 0.